The minimum absolute atomic E-state index is 0.119. The van der Waals surface area contributed by atoms with Crippen LogP contribution in [0.15, 0.2) is 66.5 Å². The quantitative estimate of drug-likeness (QED) is 0.231. The molecule has 14 nitrogen and oxygen atoms in total. The molecule has 56 heavy (non-hydrogen) atoms. The van der Waals surface area contributed by atoms with E-state index in [2.05, 4.69) is 15.3 Å². The summed E-state index contributed by atoms with van der Waals surface area (Å²) < 4.78 is 20.4. The molecule has 1 saturated heterocycles. The Morgan fingerprint density at radius 2 is 1.79 bits per heavy atom. The van der Waals surface area contributed by atoms with Gasteiger partial charge in [0.25, 0.3) is 0 Å². The second-order valence-electron chi connectivity index (χ2n) is 15.7. The molecule has 0 amide bonds. The van der Waals surface area contributed by atoms with Crippen LogP contribution in [0.25, 0.3) is 22.2 Å². The van der Waals surface area contributed by atoms with Crippen molar-refractivity contribution in [2.24, 2.45) is 23.7 Å². The monoisotopic (exact) mass is 777 g/mol. The summed E-state index contributed by atoms with van der Waals surface area (Å²) in [6, 6.07) is 8.98. The summed E-state index contributed by atoms with van der Waals surface area (Å²) in [5.41, 5.74) is 3.13. The summed E-state index contributed by atoms with van der Waals surface area (Å²) in [6.07, 6.45) is 2.52. The van der Waals surface area contributed by atoms with Gasteiger partial charge in [0.05, 0.1) is 55.2 Å². The maximum absolute atomic E-state index is 13.7. The highest BCUT2D eigenvalue weighted by atomic mass is 16.7. The number of aliphatic hydroxyl groups excluding tert-OH is 4. The number of aromatic nitrogens is 4. The van der Waals surface area contributed by atoms with Crippen LogP contribution in [-0.2, 0) is 30.3 Å². The number of carbonyl (C=O) groups excluding carboxylic acids is 2. The topological polar surface area (TPSA) is 190 Å². The Balaban J connectivity index is 1.51. The number of allylic oxidation sites excluding steroid dienone is 3. The molecule has 1 aromatic carbocycles. The molecular formula is C42H59N5O9. The van der Waals surface area contributed by atoms with Gasteiger partial charge in [-0.25, -0.2) is 0 Å². The highest BCUT2D eigenvalue weighted by Crippen LogP contribution is 2.35. The molecule has 4 heterocycles. The molecular weight excluding hydrogens is 718 g/mol. The van der Waals surface area contributed by atoms with E-state index in [0.29, 0.717) is 31.5 Å². The zero-order chi connectivity index (χ0) is 40.7. The van der Waals surface area contributed by atoms with E-state index in [-0.39, 0.29) is 18.8 Å². The molecule has 2 aromatic heterocycles. The van der Waals surface area contributed by atoms with Gasteiger partial charge in [-0.1, -0.05) is 61.9 Å². The van der Waals surface area contributed by atoms with Gasteiger partial charge in [-0.3, -0.25) is 19.3 Å². The number of nitrogens with zero attached hydrogens (tertiary/aromatic N) is 5. The minimum Gasteiger partial charge on any atom is -0.462 e. The summed E-state index contributed by atoms with van der Waals surface area (Å²) >= 11 is 0. The maximum Gasteiger partial charge on any atom is 0.308 e. The summed E-state index contributed by atoms with van der Waals surface area (Å²) in [5.74, 6) is -2.90. The lowest BCUT2D eigenvalue weighted by atomic mass is 9.79. The first-order chi connectivity index (χ1) is 26.7. The van der Waals surface area contributed by atoms with Gasteiger partial charge in [-0.15, -0.1) is 5.10 Å². The van der Waals surface area contributed by atoms with E-state index in [4.69, 9.17) is 14.2 Å². The van der Waals surface area contributed by atoms with Gasteiger partial charge in [0, 0.05) is 41.4 Å². The zero-order valence-electron chi connectivity index (χ0n) is 33.5. The van der Waals surface area contributed by atoms with E-state index in [0.717, 1.165) is 22.0 Å². The van der Waals surface area contributed by atoms with Crippen LogP contribution in [0, 0.1) is 23.7 Å². The van der Waals surface area contributed by atoms with Crippen LogP contribution in [0.3, 0.4) is 0 Å². The number of para-hydroxylation sites is 1. The molecule has 0 radical (unpaired) electrons. The first kappa shape index (κ1) is 43.2. The van der Waals surface area contributed by atoms with Crippen molar-refractivity contribution in [2.45, 2.75) is 116 Å². The lowest BCUT2D eigenvalue weighted by Crippen LogP contribution is -2.63. The van der Waals surface area contributed by atoms with Crippen LogP contribution in [0.4, 0.5) is 0 Å². The number of esters is 1. The number of likely N-dealkylation sites (N-methyl/N-ethyl adjacent to an activating group) is 1. The van der Waals surface area contributed by atoms with Gasteiger partial charge in [-0.2, -0.15) is 0 Å². The summed E-state index contributed by atoms with van der Waals surface area (Å²) in [7, 11) is 3.51. The van der Waals surface area contributed by atoms with Gasteiger partial charge >= 0.3 is 5.97 Å². The standard InChI is InChI=1S/C42H59N5O9/c1-8-36-29(23-48)19-24(2)13-14-34(49)25(3)20-28(16-18-47-22-33(44-45-47)31-15-17-43-32-12-10-9-11-30(31)32)41(26(4)35(50)21-37(51)55-36)56-42-40(53)38(46(6)7)39(52)27(5)54-42/h9-15,17,19,22,25-29,35-36,38-42,48,50,52-53H,8,16,18,20-21,23H2,1-7H3/b14-13+,24-19+/t25-,26+,27-,28+,29-,35-,36-,38?,39-,40?,41-,42+/m1/s1. The van der Waals surface area contributed by atoms with E-state index in [1.165, 1.54) is 6.08 Å². The Kier molecular flexibility index (Phi) is 15.1. The number of aryl methyl sites for hydroxylation is 1. The van der Waals surface area contributed by atoms with Crippen molar-refractivity contribution in [3.8, 4) is 11.3 Å². The number of benzene rings is 1. The zero-order valence-corrected chi connectivity index (χ0v) is 33.5. The van der Waals surface area contributed by atoms with Gasteiger partial charge in [0.1, 0.15) is 17.9 Å². The van der Waals surface area contributed by atoms with Crippen molar-refractivity contribution < 1.29 is 44.2 Å². The highest BCUT2D eigenvalue weighted by molar-refractivity contribution is 5.93. The first-order valence-corrected chi connectivity index (χ1v) is 19.7. The molecule has 3 aromatic rings. The van der Waals surface area contributed by atoms with E-state index >= 15 is 0 Å². The van der Waals surface area contributed by atoms with Gasteiger partial charge < -0.3 is 39.5 Å². The fourth-order valence-electron chi connectivity index (χ4n) is 8.01. The summed E-state index contributed by atoms with van der Waals surface area (Å²) in [4.78, 5) is 33.2. The Hall–Kier alpha value is -3.89. The molecule has 0 spiro atoms. The molecule has 0 bridgehead atoms. The Morgan fingerprint density at radius 3 is 2.50 bits per heavy atom. The molecule has 1 fully saturated rings. The fourth-order valence-corrected chi connectivity index (χ4v) is 8.01. The number of fused-ring (bicyclic) bond motifs is 1. The molecule has 2 aliphatic rings. The molecule has 5 rings (SSSR count). The van der Waals surface area contributed by atoms with Crippen LogP contribution >= 0.6 is 0 Å². The van der Waals surface area contributed by atoms with Crippen LogP contribution in [-0.4, -0.2) is 127 Å². The van der Waals surface area contributed by atoms with Crippen molar-refractivity contribution in [1.82, 2.24) is 24.9 Å². The molecule has 4 N–H and O–H groups in total. The van der Waals surface area contributed by atoms with E-state index < -0.39 is 78.6 Å². The smallest absolute Gasteiger partial charge is 0.308 e. The predicted molar refractivity (Wildman–Crippen MR) is 210 cm³/mol. The molecule has 0 saturated carbocycles. The second kappa shape index (κ2) is 19.5. The third kappa shape index (κ3) is 10.3. The average molecular weight is 778 g/mol. The van der Waals surface area contributed by atoms with E-state index in [1.807, 2.05) is 57.3 Å². The summed E-state index contributed by atoms with van der Waals surface area (Å²) in [6.45, 7) is 9.09. The number of ether oxygens (including phenoxy) is 3. The molecule has 306 valence electrons. The number of ketones is 1. The number of aliphatic hydroxyl groups is 4. The number of hydrogen-bond acceptors (Lipinski definition) is 13. The maximum atomic E-state index is 13.7. The molecule has 14 heteroatoms. The molecule has 2 aliphatic heterocycles. The number of hydrogen-bond donors (Lipinski definition) is 4. The Labute approximate surface area is 329 Å². The number of carbonyl (C=O) groups is 2. The fraction of sp³-hybridized carbons (Fsp3) is 0.595. The third-order valence-electron chi connectivity index (χ3n) is 11.4. The first-order valence-electron chi connectivity index (χ1n) is 19.7. The van der Waals surface area contributed by atoms with Gasteiger partial charge in [0.2, 0.25) is 0 Å². The number of cyclic esters (lactones) is 1. The van der Waals surface area contributed by atoms with E-state index in [9.17, 15) is 30.0 Å². The van der Waals surface area contributed by atoms with Crippen LogP contribution in [0.2, 0.25) is 0 Å². The SMILES string of the molecule is CC[C@H]1OC(=O)C[C@@H](O)[C@H](C)[C@@H](O[C@@H]2O[C@H](C)[C@@H](O)C(N(C)C)C2O)[C@@H](CCn2cc(-c3ccnc4ccccc34)nn2)C[C@@H](C)C(=O)/C=C/C(C)=C/[C@@H]1CO. The molecule has 0 aliphatic carbocycles. The average Bonchev–Trinajstić information content (AvgIpc) is 3.65. The van der Waals surface area contributed by atoms with Crippen molar-refractivity contribution >= 4 is 22.7 Å². The summed E-state index contributed by atoms with van der Waals surface area (Å²) in [5, 5.41) is 54.2. The normalized spacial score (nSPS) is 34.2. The number of pyridine rings is 1. The van der Waals surface area contributed by atoms with Crippen LogP contribution in [0.1, 0.15) is 60.3 Å². The Bertz CT molecular complexity index is 1830. The molecule has 2 unspecified atom stereocenters. The van der Waals surface area contributed by atoms with Crippen molar-refractivity contribution in [2.75, 3.05) is 20.7 Å². The Morgan fingerprint density at radius 1 is 1.04 bits per heavy atom. The lowest BCUT2D eigenvalue weighted by Gasteiger charge is -2.46. The number of rotatable bonds is 9. The minimum atomic E-state index is -1.27. The predicted octanol–water partition coefficient (Wildman–Crippen LogP) is 3.71. The van der Waals surface area contributed by atoms with Crippen molar-refractivity contribution in [3.05, 3.63) is 66.5 Å². The molecule has 12 atom stereocenters. The van der Waals surface area contributed by atoms with E-state index in [1.54, 1.807) is 55.9 Å². The van der Waals surface area contributed by atoms with Gasteiger partial charge in [0.15, 0.2) is 12.1 Å². The van der Waals surface area contributed by atoms with Crippen molar-refractivity contribution in [1.29, 1.82) is 0 Å². The van der Waals surface area contributed by atoms with Crippen LogP contribution in [0.5, 0.6) is 0 Å². The largest absolute Gasteiger partial charge is 0.462 e. The van der Waals surface area contributed by atoms with Crippen molar-refractivity contribution in [3.63, 3.8) is 0 Å². The van der Waals surface area contributed by atoms with Gasteiger partial charge in [-0.05, 0) is 71.3 Å². The lowest BCUT2D eigenvalue weighted by molar-refractivity contribution is -0.304. The third-order valence-corrected chi connectivity index (χ3v) is 11.4. The second-order valence-corrected chi connectivity index (χ2v) is 15.7. The highest BCUT2D eigenvalue weighted by Gasteiger charge is 2.47. The van der Waals surface area contributed by atoms with Crippen LogP contribution < -0.4 is 0 Å².